The molecule has 0 aliphatic rings. The Morgan fingerprint density at radius 2 is 1.58 bits per heavy atom. The number of hydrogen-bond donors (Lipinski definition) is 2. The minimum atomic E-state index is 0.504. The second kappa shape index (κ2) is 16.7. The average molecular weight is 461 g/mol. The molecule has 33 heavy (non-hydrogen) atoms. The monoisotopic (exact) mass is 460 g/mol. The smallest absolute Gasteiger partial charge is 0.175 e. The van der Waals surface area contributed by atoms with Crippen molar-refractivity contribution in [1.82, 2.24) is 5.32 Å². The Bertz CT molecular complexity index is 935. The molecule has 0 fully saturated rings. The van der Waals surface area contributed by atoms with E-state index in [2.05, 4.69) is 74.0 Å². The Balaban J connectivity index is 0.000000801. The summed E-state index contributed by atoms with van der Waals surface area (Å²) in [5.41, 5.74) is 6.04. The number of rotatable bonds is 10. The molecule has 0 spiro atoms. The lowest BCUT2D eigenvalue weighted by Gasteiger charge is -2.15. The van der Waals surface area contributed by atoms with Crippen LogP contribution >= 0.6 is 12.2 Å². The molecule has 3 heteroatoms. The van der Waals surface area contributed by atoms with E-state index in [0.29, 0.717) is 5.11 Å². The van der Waals surface area contributed by atoms with Gasteiger partial charge in [0.1, 0.15) is 0 Å². The van der Waals surface area contributed by atoms with Gasteiger partial charge in [-0.1, -0.05) is 113 Å². The van der Waals surface area contributed by atoms with Crippen molar-refractivity contribution in [3.8, 4) is 0 Å². The predicted octanol–water partition coefficient (Wildman–Crippen LogP) is 8.74. The van der Waals surface area contributed by atoms with E-state index in [1.807, 2.05) is 50.3 Å². The van der Waals surface area contributed by atoms with Crippen LogP contribution in [0.5, 0.6) is 0 Å². The zero-order valence-corrected chi connectivity index (χ0v) is 21.6. The third-order valence-electron chi connectivity index (χ3n) is 4.90. The van der Waals surface area contributed by atoms with Crippen molar-refractivity contribution in [2.75, 3.05) is 5.32 Å². The van der Waals surface area contributed by atoms with Crippen molar-refractivity contribution in [2.45, 2.75) is 59.8 Å². The van der Waals surface area contributed by atoms with Crippen molar-refractivity contribution in [1.29, 1.82) is 0 Å². The first-order valence-electron chi connectivity index (χ1n) is 11.8. The van der Waals surface area contributed by atoms with Crippen molar-refractivity contribution in [3.05, 3.63) is 114 Å². The maximum absolute atomic E-state index is 5.45. The topological polar surface area (TPSA) is 24.1 Å². The molecular formula is C30H40N2S. The molecule has 0 radical (unpaired) electrons. The van der Waals surface area contributed by atoms with Gasteiger partial charge >= 0.3 is 0 Å². The molecular weight excluding hydrogens is 420 g/mol. The first-order valence-corrected chi connectivity index (χ1v) is 12.2. The summed E-state index contributed by atoms with van der Waals surface area (Å²) in [4.78, 5) is 0. The Hall–Kier alpha value is -2.91. The zero-order chi connectivity index (χ0) is 24.5. The van der Waals surface area contributed by atoms with Gasteiger partial charge in [-0.25, -0.2) is 0 Å². The highest BCUT2D eigenvalue weighted by Crippen LogP contribution is 2.17. The van der Waals surface area contributed by atoms with Crippen LogP contribution in [-0.4, -0.2) is 5.11 Å². The molecule has 0 heterocycles. The largest absolute Gasteiger partial charge is 0.332 e. The third kappa shape index (κ3) is 12.1. The summed E-state index contributed by atoms with van der Waals surface area (Å²) in [5, 5.41) is 6.89. The van der Waals surface area contributed by atoms with Crippen molar-refractivity contribution in [3.63, 3.8) is 0 Å². The lowest BCUT2D eigenvalue weighted by atomic mass is 10.0. The Morgan fingerprint density at radius 3 is 2.15 bits per heavy atom. The summed E-state index contributed by atoms with van der Waals surface area (Å²) in [6.45, 7) is 16.5. The molecule has 2 aromatic rings. The molecule has 0 aromatic heterocycles. The van der Waals surface area contributed by atoms with E-state index < -0.39 is 0 Å². The van der Waals surface area contributed by atoms with Crippen LogP contribution in [0.2, 0.25) is 0 Å². The summed E-state index contributed by atoms with van der Waals surface area (Å²) in [6.07, 6.45) is 12.3. The quantitative estimate of drug-likeness (QED) is 0.210. The average Bonchev–Trinajstić information content (AvgIpc) is 2.79. The van der Waals surface area contributed by atoms with Gasteiger partial charge in [0.05, 0.1) is 0 Å². The summed E-state index contributed by atoms with van der Waals surface area (Å²) < 4.78 is 0. The van der Waals surface area contributed by atoms with Gasteiger partial charge in [0.2, 0.25) is 0 Å². The van der Waals surface area contributed by atoms with Crippen LogP contribution in [0.3, 0.4) is 0 Å². The van der Waals surface area contributed by atoms with E-state index in [-0.39, 0.29) is 0 Å². The van der Waals surface area contributed by atoms with Crippen LogP contribution in [-0.2, 0) is 6.42 Å². The number of thiocarbonyl (C=S) groups is 1. The second-order valence-corrected chi connectivity index (χ2v) is 8.42. The number of unbranched alkanes of at least 4 members (excludes halogenated alkanes) is 3. The van der Waals surface area contributed by atoms with E-state index in [4.69, 9.17) is 12.2 Å². The van der Waals surface area contributed by atoms with Gasteiger partial charge in [0.15, 0.2) is 5.11 Å². The molecule has 0 aliphatic carbocycles. The van der Waals surface area contributed by atoms with Crippen molar-refractivity contribution in [2.24, 2.45) is 0 Å². The van der Waals surface area contributed by atoms with E-state index in [1.54, 1.807) is 0 Å². The zero-order valence-electron chi connectivity index (χ0n) is 20.8. The maximum Gasteiger partial charge on any atom is 0.175 e. The fourth-order valence-corrected chi connectivity index (χ4v) is 3.39. The minimum Gasteiger partial charge on any atom is -0.332 e. The Morgan fingerprint density at radius 1 is 0.939 bits per heavy atom. The first kappa shape index (κ1) is 28.1. The predicted molar refractivity (Wildman–Crippen MR) is 152 cm³/mol. The minimum absolute atomic E-state index is 0.504. The highest BCUT2D eigenvalue weighted by molar-refractivity contribution is 7.80. The molecule has 0 saturated carbocycles. The summed E-state index contributed by atoms with van der Waals surface area (Å²) >= 11 is 5.45. The van der Waals surface area contributed by atoms with E-state index >= 15 is 0 Å². The highest BCUT2D eigenvalue weighted by atomic mass is 32.1. The van der Waals surface area contributed by atoms with Gasteiger partial charge < -0.3 is 10.6 Å². The van der Waals surface area contributed by atoms with Gasteiger partial charge in [-0.2, -0.15) is 0 Å². The fourth-order valence-electron chi connectivity index (χ4n) is 3.15. The van der Waals surface area contributed by atoms with Crippen LogP contribution in [0, 0.1) is 0 Å². The number of allylic oxidation sites excluding steroid dienone is 4. The third-order valence-corrected chi connectivity index (χ3v) is 5.10. The molecule has 0 aliphatic heterocycles. The summed E-state index contributed by atoms with van der Waals surface area (Å²) in [5.74, 6) is 0. The van der Waals surface area contributed by atoms with Gasteiger partial charge in [-0.05, 0) is 66.9 Å². The van der Waals surface area contributed by atoms with Crippen LogP contribution in [0.25, 0.3) is 0 Å². The second-order valence-electron chi connectivity index (χ2n) is 8.01. The van der Waals surface area contributed by atoms with E-state index in [0.717, 1.165) is 29.0 Å². The Kier molecular flexibility index (Phi) is 14.2. The van der Waals surface area contributed by atoms with Gasteiger partial charge in [0.25, 0.3) is 0 Å². The van der Waals surface area contributed by atoms with Crippen LogP contribution < -0.4 is 10.6 Å². The summed E-state index contributed by atoms with van der Waals surface area (Å²) in [7, 11) is 0. The molecule has 0 unspecified atom stereocenters. The Labute approximate surface area is 207 Å². The van der Waals surface area contributed by atoms with Crippen molar-refractivity contribution < 1.29 is 0 Å². The summed E-state index contributed by atoms with van der Waals surface area (Å²) in [6, 6.07) is 18.7. The lowest BCUT2D eigenvalue weighted by Crippen LogP contribution is -2.28. The fraction of sp³-hybridized carbons (Fsp3) is 0.300. The van der Waals surface area contributed by atoms with E-state index in [1.165, 1.54) is 36.8 Å². The van der Waals surface area contributed by atoms with Gasteiger partial charge in [-0.15, -0.1) is 0 Å². The van der Waals surface area contributed by atoms with Crippen LogP contribution in [0.1, 0.15) is 64.5 Å². The normalized spacial score (nSPS) is 10.8. The molecule has 2 N–H and O–H groups in total. The number of hydrogen-bond acceptors (Lipinski definition) is 1. The van der Waals surface area contributed by atoms with Gasteiger partial charge in [-0.3, -0.25) is 0 Å². The van der Waals surface area contributed by atoms with Crippen molar-refractivity contribution >= 4 is 23.0 Å². The SMILES string of the molecule is C=C(C)/C(=C\C=C/C)C(=C)NC(=S)Nc1cccc(Cc2ccccc2)c1.CCCCCC. The molecule has 2 nitrogen and oxygen atoms in total. The lowest BCUT2D eigenvalue weighted by molar-refractivity contribution is 0.702. The molecule has 2 aromatic carbocycles. The number of benzene rings is 2. The molecule has 2 rings (SSSR count). The maximum atomic E-state index is 5.45. The first-order chi connectivity index (χ1) is 15.9. The van der Waals surface area contributed by atoms with Crippen LogP contribution in [0.15, 0.2) is 103 Å². The molecule has 0 atom stereocenters. The standard InChI is InChI=1S/C24H26N2S.C6H14/c1-5-6-15-23(18(2)3)19(4)25-24(27)26-22-14-10-13-21(17-22)16-20-11-8-7-9-12-20;1-3-5-6-4-2/h5-15,17H,2,4,16H2,1,3H3,(H2,25,26,27);3-6H2,1-2H3/b6-5-,23-15+;. The van der Waals surface area contributed by atoms with Gasteiger partial charge in [0, 0.05) is 11.4 Å². The number of nitrogens with one attached hydrogen (secondary N) is 2. The molecule has 0 bridgehead atoms. The van der Waals surface area contributed by atoms with E-state index in [9.17, 15) is 0 Å². The molecule has 0 saturated heterocycles. The number of anilines is 1. The highest BCUT2D eigenvalue weighted by Gasteiger charge is 2.06. The molecule has 176 valence electrons. The van der Waals surface area contributed by atoms with Crippen LogP contribution in [0.4, 0.5) is 5.69 Å². The molecule has 0 amide bonds.